The molecule has 2 N–H and O–H groups in total. The summed E-state index contributed by atoms with van der Waals surface area (Å²) in [6.07, 6.45) is 0. The summed E-state index contributed by atoms with van der Waals surface area (Å²) in [6.45, 7) is 0. The summed E-state index contributed by atoms with van der Waals surface area (Å²) in [4.78, 5) is 4.07. The minimum Gasteiger partial charge on any atom is -0.368 e. The quantitative estimate of drug-likeness (QED) is 0.836. The lowest BCUT2D eigenvalue weighted by atomic mass is 10.2. The van der Waals surface area contributed by atoms with Crippen molar-refractivity contribution in [1.82, 2.24) is 14.8 Å². The van der Waals surface area contributed by atoms with Gasteiger partial charge in [0.1, 0.15) is 0 Å². The minimum absolute atomic E-state index is 0.344. The van der Waals surface area contributed by atoms with Crippen molar-refractivity contribution in [2.24, 2.45) is 7.05 Å². The number of nitrogen functional groups attached to an aromatic ring is 1. The maximum atomic E-state index is 6.01. The average Bonchev–Trinajstić information content (AvgIpc) is 2.46. The SMILES string of the molecule is Cn1nc(-c2ccc(Cl)cc2Cl)nc1N. The smallest absolute Gasteiger partial charge is 0.218 e. The van der Waals surface area contributed by atoms with Crippen LogP contribution < -0.4 is 5.73 Å². The van der Waals surface area contributed by atoms with E-state index in [1.807, 2.05) is 0 Å². The van der Waals surface area contributed by atoms with Crippen molar-refractivity contribution in [2.45, 2.75) is 0 Å². The van der Waals surface area contributed by atoms with E-state index in [2.05, 4.69) is 10.1 Å². The van der Waals surface area contributed by atoms with Crippen LogP contribution in [0.2, 0.25) is 10.0 Å². The van der Waals surface area contributed by atoms with Gasteiger partial charge in [0.25, 0.3) is 0 Å². The van der Waals surface area contributed by atoms with E-state index in [-0.39, 0.29) is 0 Å². The number of hydrogen-bond acceptors (Lipinski definition) is 3. The molecule has 0 saturated carbocycles. The zero-order valence-electron chi connectivity index (χ0n) is 7.91. The van der Waals surface area contributed by atoms with Gasteiger partial charge >= 0.3 is 0 Å². The third-order valence-corrected chi connectivity index (χ3v) is 2.52. The fourth-order valence-corrected chi connectivity index (χ4v) is 1.67. The fraction of sp³-hybridized carbons (Fsp3) is 0.111. The van der Waals surface area contributed by atoms with E-state index in [4.69, 9.17) is 28.9 Å². The van der Waals surface area contributed by atoms with Crippen molar-refractivity contribution in [1.29, 1.82) is 0 Å². The molecule has 2 aromatic rings. The van der Waals surface area contributed by atoms with Crippen LogP contribution in [0, 0.1) is 0 Å². The van der Waals surface area contributed by atoms with E-state index in [0.29, 0.717) is 27.4 Å². The van der Waals surface area contributed by atoms with Crippen LogP contribution in [-0.2, 0) is 7.05 Å². The predicted octanol–water partition coefficient (Wildman–Crippen LogP) is 2.37. The number of anilines is 1. The maximum absolute atomic E-state index is 6.01. The van der Waals surface area contributed by atoms with Gasteiger partial charge in [-0.15, -0.1) is 5.10 Å². The first-order valence-electron chi connectivity index (χ1n) is 4.20. The maximum Gasteiger partial charge on any atom is 0.218 e. The van der Waals surface area contributed by atoms with Gasteiger partial charge in [0, 0.05) is 17.6 Å². The normalized spacial score (nSPS) is 10.6. The van der Waals surface area contributed by atoms with Crippen molar-refractivity contribution >= 4 is 29.2 Å². The zero-order chi connectivity index (χ0) is 11.0. The second-order valence-corrected chi connectivity index (χ2v) is 3.89. The third-order valence-electron chi connectivity index (χ3n) is 1.97. The topological polar surface area (TPSA) is 56.7 Å². The van der Waals surface area contributed by atoms with Gasteiger partial charge in [0.05, 0.1) is 5.02 Å². The molecule has 4 nitrogen and oxygen atoms in total. The molecule has 0 radical (unpaired) electrons. The van der Waals surface area contributed by atoms with E-state index in [1.165, 1.54) is 4.68 Å². The van der Waals surface area contributed by atoms with E-state index >= 15 is 0 Å². The largest absolute Gasteiger partial charge is 0.368 e. The molecule has 15 heavy (non-hydrogen) atoms. The zero-order valence-corrected chi connectivity index (χ0v) is 9.42. The van der Waals surface area contributed by atoms with Gasteiger partial charge in [-0.2, -0.15) is 4.98 Å². The molecule has 1 aromatic heterocycles. The lowest BCUT2D eigenvalue weighted by Crippen LogP contribution is -1.97. The molecule has 0 unspecified atom stereocenters. The van der Waals surface area contributed by atoms with Crippen LogP contribution in [0.4, 0.5) is 5.95 Å². The van der Waals surface area contributed by atoms with Gasteiger partial charge in [-0.05, 0) is 18.2 Å². The van der Waals surface area contributed by atoms with Gasteiger partial charge < -0.3 is 5.73 Å². The fourth-order valence-electron chi connectivity index (χ4n) is 1.18. The molecule has 78 valence electrons. The molecule has 0 saturated heterocycles. The Morgan fingerprint density at radius 3 is 2.60 bits per heavy atom. The molecule has 2 rings (SSSR count). The molecule has 0 aliphatic rings. The number of aryl methyl sites for hydroxylation is 1. The number of benzene rings is 1. The third kappa shape index (κ3) is 1.91. The first-order chi connectivity index (χ1) is 7.08. The monoisotopic (exact) mass is 242 g/mol. The standard InChI is InChI=1S/C9H8Cl2N4/c1-15-9(12)13-8(14-15)6-3-2-5(10)4-7(6)11/h2-4H,1H3,(H2,12,13,14). The molecule has 0 aliphatic carbocycles. The second kappa shape index (κ2) is 3.72. The Balaban J connectivity index is 2.54. The Labute approximate surface area is 96.6 Å². The number of nitrogens with two attached hydrogens (primary N) is 1. The molecule has 0 fully saturated rings. The Bertz CT molecular complexity index is 487. The summed E-state index contributed by atoms with van der Waals surface area (Å²) in [7, 11) is 1.72. The van der Waals surface area contributed by atoms with Crippen LogP contribution in [0.5, 0.6) is 0 Å². The molecular weight excluding hydrogens is 235 g/mol. The number of halogens is 2. The summed E-state index contributed by atoms with van der Waals surface area (Å²) in [5.74, 6) is 0.840. The van der Waals surface area contributed by atoms with Crippen LogP contribution in [0.1, 0.15) is 0 Å². The highest BCUT2D eigenvalue weighted by Crippen LogP contribution is 2.28. The molecule has 6 heteroatoms. The van der Waals surface area contributed by atoms with E-state index in [1.54, 1.807) is 25.2 Å². The highest BCUT2D eigenvalue weighted by Gasteiger charge is 2.10. The molecule has 0 bridgehead atoms. The lowest BCUT2D eigenvalue weighted by Gasteiger charge is -1.98. The molecule has 0 spiro atoms. The second-order valence-electron chi connectivity index (χ2n) is 3.04. The van der Waals surface area contributed by atoms with Crippen LogP contribution >= 0.6 is 23.2 Å². The first-order valence-corrected chi connectivity index (χ1v) is 4.95. The molecule has 0 atom stereocenters. The summed E-state index contributed by atoms with van der Waals surface area (Å²) in [5.41, 5.74) is 6.29. The van der Waals surface area contributed by atoms with Crippen LogP contribution in [0.15, 0.2) is 18.2 Å². The summed E-state index contributed by atoms with van der Waals surface area (Å²) < 4.78 is 1.49. The highest BCUT2D eigenvalue weighted by atomic mass is 35.5. The predicted molar refractivity (Wildman–Crippen MR) is 60.9 cm³/mol. The summed E-state index contributed by atoms with van der Waals surface area (Å²) in [6, 6.07) is 5.14. The van der Waals surface area contributed by atoms with Crippen molar-refractivity contribution in [3.63, 3.8) is 0 Å². The minimum atomic E-state index is 0.344. The van der Waals surface area contributed by atoms with Gasteiger partial charge in [-0.3, -0.25) is 0 Å². The summed E-state index contributed by atoms with van der Waals surface area (Å²) in [5, 5.41) is 5.21. The van der Waals surface area contributed by atoms with Crippen LogP contribution in [0.3, 0.4) is 0 Å². The van der Waals surface area contributed by atoms with Crippen molar-refractivity contribution < 1.29 is 0 Å². The molecular formula is C9H8Cl2N4. The van der Waals surface area contributed by atoms with Crippen molar-refractivity contribution in [3.8, 4) is 11.4 Å². The molecule has 0 amide bonds. The van der Waals surface area contributed by atoms with E-state index in [9.17, 15) is 0 Å². The number of hydrogen-bond donors (Lipinski definition) is 1. The molecule has 1 aromatic carbocycles. The van der Waals surface area contributed by atoms with E-state index in [0.717, 1.165) is 0 Å². The number of nitrogens with zero attached hydrogens (tertiary/aromatic N) is 3. The lowest BCUT2D eigenvalue weighted by molar-refractivity contribution is 0.781. The van der Waals surface area contributed by atoms with E-state index < -0.39 is 0 Å². The van der Waals surface area contributed by atoms with Gasteiger partial charge in [0.2, 0.25) is 5.95 Å². The Morgan fingerprint density at radius 2 is 2.07 bits per heavy atom. The summed E-state index contributed by atoms with van der Waals surface area (Å²) >= 11 is 11.8. The van der Waals surface area contributed by atoms with Gasteiger partial charge in [-0.25, -0.2) is 4.68 Å². The molecule has 0 aliphatic heterocycles. The van der Waals surface area contributed by atoms with Crippen LogP contribution in [0.25, 0.3) is 11.4 Å². The number of rotatable bonds is 1. The van der Waals surface area contributed by atoms with Gasteiger partial charge in [-0.1, -0.05) is 23.2 Å². The highest BCUT2D eigenvalue weighted by molar-refractivity contribution is 6.36. The first kappa shape index (κ1) is 10.3. The van der Waals surface area contributed by atoms with Crippen LogP contribution in [-0.4, -0.2) is 14.8 Å². The Kier molecular flexibility index (Phi) is 2.54. The average molecular weight is 243 g/mol. The molecule has 1 heterocycles. The Morgan fingerprint density at radius 1 is 1.33 bits per heavy atom. The van der Waals surface area contributed by atoms with Gasteiger partial charge in [0.15, 0.2) is 5.82 Å². The Hall–Kier alpha value is -1.26. The van der Waals surface area contributed by atoms with Crippen molar-refractivity contribution in [2.75, 3.05) is 5.73 Å². The van der Waals surface area contributed by atoms with Crippen molar-refractivity contribution in [3.05, 3.63) is 28.2 Å². The number of aromatic nitrogens is 3.